The number of likely N-dealkylation sites (tertiary alicyclic amines) is 1. The lowest BCUT2D eigenvalue weighted by Crippen LogP contribution is -2.61. The van der Waals surface area contributed by atoms with Gasteiger partial charge in [-0.2, -0.15) is 0 Å². The molecule has 1 saturated heterocycles. The van der Waals surface area contributed by atoms with Crippen molar-refractivity contribution in [1.82, 2.24) is 4.90 Å². The van der Waals surface area contributed by atoms with Crippen molar-refractivity contribution in [3.8, 4) is 0 Å². The van der Waals surface area contributed by atoms with E-state index in [1.54, 1.807) is 0 Å². The highest BCUT2D eigenvalue weighted by Gasteiger charge is 2.42. The summed E-state index contributed by atoms with van der Waals surface area (Å²) in [5, 5.41) is 0. The molecule has 1 unspecified atom stereocenters. The van der Waals surface area contributed by atoms with E-state index in [9.17, 15) is 0 Å². The molecule has 2 heteroatoms. The zero-order chi connectivity index (χ0) is 11.0. The molecule has 0 amide bonds. The average molecular weight is 198 g/mol. The summed E-state index contributed by atoms with van der Waals surface area (Å²) in [5.41, 5.74) is 6.37. The minimum Gasteiger partial charge on any atom is -0.330 e. The largest absolute Gasteiger partial charge is 0.330 e. The van der Waals surface area contributed by atoms with Gasteiger partial charge in [0, 0.05) is 11.1 Å². The Morgan fingerprint density at radius 1 is 1.36 bits per heavy atom. The van der Waals surface area contributed by atoms with Gasteiger partial charge in [0.2, 0.25) is 0 Å². The fraction of sp³-hybridized carbons (Fsp3) is 1.00. The Labute approximate surface area is 88.8 Å². The van der Waals surface area contributed by atoms with Gasteiger partial charge in [-0.3, -0.25) is 4.90 Å². The van der Waals surface area contributed by atoms with Gasteiger partial charge in [-0.1, -0.05) is 0 Å². The van der Waals surface area contributed by atoms with Gasteiger partial charge in [0.15, 0.2) is 0 Å². The number of piperidine rings is 1. The first kappa shape index (κ1) is 12.0. The number of hydrogen-bond acceptors (Lipinski definition) is 2. The van der Waals surface area contributed by atoms with Crippen LogP contribution >= 0.6 is 0 Å². The van der Waals surface area contributed by atoms with Gasteiger partial charge in [0.25, 0.3) is 0 Å². The van der Waals surface area contributed by atoms with E-state index >= 15 is 0 Å². The topological polar surface area (TPSA) is 29.3 Å². The van der Waals surface area contributed by atoms with Crippen LogP contribution in [0.1, 0.15) is 47.5 Å². The molecule has 0 aromatic carbocycles. The molecule has 1 aliphatic rings. The minimum absolute atomic E-state index is 0.255. The first-order valence-electron chi connectivity index (χ1n) is 5.78. The van der Waals surface area contributed by atoms with Crippen LogP contribution in [-0.2, 0) is 0 Å². The lowest BCUT2D eigenvalue weighted by molar-refractivity contribution is -0.0388. The van der Waals surface area contributed by atoms with Crippen LogP contribution < -0.4 is 5.73 Å². The van der Waals surface area contributed by atoms with Crippen molar-refractivity contribution in [3.05, 3.63) is 0 Å². The van der Waals surface area contributed by atoms with E-state index in [4.69, 9.17) is 5.73 Å². The van der Waals surface area contributed by atoms with Crippen molar-refractivity contribution in [2.75, 3.05) is 13.1 Å². The van der Waals surface area contributed by atoms with Gasteiger partial charge in [-0.25, -0.2) is 0 Å². The summed E-state index contributed by atoms with van der Waals surface area (Å²) in [6.45, 7) is 13.6. The summed E-state index contributed by atoms with van der Waals surface area (Å²) in [6, 6.07) is 0. The molecular formula is C12H26N2. The lowest BCUT2D eigenvalue weighted by Gasteiger charge is -2.54. The highest BCUT2D eigenvalue weighted by Crippen LogP contribution is 2.37. The quantitative estimate of drug-likeness (QED) is 0.700. The second-order valence-electron chi connectivity index (χ2n) is 6.05. The highest BCUT2D eigenvalue weighted by molar-refractivity contribution is 4.97. The molecule has 0 aromatic rings. The Kier molecular flexibility index (Phi) is 3.27. The molecule has 0 radical (unpaired) electrons. The molecule has 1 fully saturated rings. The van der Waals surface area contributed by atoms with Crippen LogP contribution in [0.2, 0.25) is 0 Å². The average Bonchev–Trinajstić information content (AvgIpc) is 2.00. The molecule has 2 nitrogen and oxygen atoms in total. The zero-order valence-corrected chi connectivity index (χ0v) is 10.4. The Hall–Kier alpha value is -0.0800. The smallest absolute Gasteiger partial charge is 0.0198 e. The molecule has 0 bridgehead atoms. The Morgan fingerprint density at radius 3 is 2.36 bits per heavy atom. The van der Waals surface area contributed by atoms with Gasteiger partial charge in [0.05, 0.1) is 0 Å². The molecule has 0 saturated carbocycles. The third-order valence-corrected chi connectivity index (χ3v) is 3.72. The summed E-state index contributed by atoms with van der Waals surface area (Å²) >= 11 is 0. The first-order chi connectivity index (χ1) is 6.30. The standard InChI is InChI=1S/C12H26N2/c1-11(2,3)14-8-6-7-10(9-13)12(14,4)5/h10H,6-9,13H2,1-5H3. The van der Waals surface area contributed by atoms with Gasteiger partial charge in [-0.15, -0.1) is 0 Å². The predicted octanol–water partition coefficient (Wildman–Crippen LogP) is 2.23. The van der Waals surface area contributed by atoms with Crippen LogP contribution in [-0.4, -0.2) is 29.1 Å². The molecule has 1 rings (SSSR count). The predicted molar refractivity (Wildman–Crippen MR) is 62.3 cm³/mol. The Bertz CT molecular complexity index is 191. The Morgan fingerprint density at radius 2 is 1.93 bits per heavy atom. The molecule has 84 valence electrons. The van der Waals surface area contributed by atoms with Crippen LogP contribution in [0.5, 0.6) is 0 Å². The van der Waals surface area contributed by atoms with Crippen LogP contribution in [0, 0.1) is 5.92 Å². The SMILES string of the molecule is CC(C)(C)N1CCCC(CN)C1(C)C. The molecule has 1 aliphatic heterocycles. The molecule has 1 atom stereocenters. The monoisotopic (exact) mass is 198 g/mol. The van der Waals surface area contributed by atoms with Crippen molar-refractivity contribution < 1.29 is 0 Å². The lowest BCUT2D eigenvalue weighted by atomic mass is 9.76. The highest BCUT2D eigenvalue weighted by atomic mass is 15.3. The summed E-state index contributed by atoms with van der Waals surface area (Å²) in [6.07, 6.45) is 2.58. The summed E-state index contributed by atoms with van der Waals surface area (Å²) in [4.78, 5) is 2.61. The molecule has 2 N–H and O–H groups in total. The third kappa shape index (κ3) is 2.12. The van der Waals surface area contributed by atoms with E-state index in [2.05, 4.69) is 39.5 Å². The van der Waals surface area contributed by atoms with Crippen molar-refractivity contribution >= 4 is 0 Å². The maximum Gasteiger partial charge on any atom is 0.0198 e. The molecule has 1 heterocycles. The number of nitrogens with two attached hydrogens (primary N) is 1. The maximum atomic E-state index is 5.86. The van der Waals surface area contributed by atoms with Crippen LogP contribution in [0.3, 0.4) is 0 Å². The van der Waals surface area contributed by atoms with Crippen molar-refractivity contribution in [1.29, 1.82) is 0 Å². The summed E-state index contributed by atoms with van der Waals surface area (Å²) in [5.74, 6) is 0.649. The van der Waals surface area contributed by atoms with Crippen molar-refractivity contribution in [3.63, 3.8) is 0 Å². The van der Waals surface area contributed by atoms with Crippen LogP contribution in [0.15, 0.2) is 0 Å². The van der Waals surface area contributed by atoms with Crippen LogP contribution in [0.25, 0.3) is 0 Å². The molecule has 14 heavy (non-hydrogen) atoms. The van der Waals surface area contributed by atoms with E-state index in [-0.39, 0.29) is 11.1 Å². The Balaban J connectivity index is 2.86. The van der Waals surface area contributed by atoms with Gasteiger partial charge in [0.1, 0.15) is 0 Å². The van der Waals surface area contributed by atoms with Gasteiger partial charge < -0.3 is 5.73 Å². The van der Waals surface area contributed by atoms with Crippen LogP contribution in [0.4, 0.5) is 0 Å². The fourth-order valence-electron chi connectivity index (χ4n) is 2.96. The molecular weight excluding hydrogens is 172 g/mol. The maximum absolute atomic E-state index is 5.86. The number of nitrogens with zero attached hydrogens (tertiary/aromatic N) is 1. The molecule has 0 aromatic heterocycles. The zero-order valence-electron chi connectivity index (χ0n) is 10.4. The van der Waals surface area contributed by atoms with E-state index < -0.39 is 0 Å². The van der Waals surface area contributed by atoms with E-state index in [0.29, 0.717) is 5.92 Å². The van der Waals surface area contributed by atoms with E-state index in [0.717, 1.165) is 6.54 Å². The van der Waals surface area contributed by atoms with E-state index in [1.165, 1.54) is 19.4 Å². The van der Waals surface area contributed by atoms with Crippen molar-refractivity contribution in [2.45, 2.75) is 58.5 Å². The third-order valence-electron chi connectivity index (χ3n) is 3.72. The fourth-order valence-corrected chi connectivity index (χ4v) is 2.96. The van der Waals surface area contributed by atoms with E-state index in [1.807, 2.05) is 0 Å². The minimum atomic E-state index is 0.255. The first-order valence-corrected chi connectivity index (χ1v) is 5.78. The second-order valence-corrected chi connectivity index (χ2v) is 6.05. The van der Waals surface area contributed by atoms with Crippen molar-refractivity contribution in [2.24, 2.45) is 11.7 Å². The molecule has 0 spiro atoms. The number of rotatable bonds is 1. The normalized spacial score (nSPS) is 29.1. The van der Waals surface area contributed by atoms with Gasteiger partial charge in [-0.05, 0) is 66.5 Å². The summed E-state index contributed by atoms with van der Waals surface area (Å²) < 4.78 is 0. The van der Waals surface area contributed by atoms with Gasteiger partial charge >= 0.3 is 0 Å². The number of hydrogen-bond donors (Lipinski definition) is 1. The summed E-state index contributed by atoms with van der Waals surface area (Å²) in [7, 11) is 0. The second kappa shape index (κ2) is 3.82. The molecule has 0 aliphatic carbocycles.